The van der Waals surface area contributed by atoms with Gasteiger partial charge in [0.1, 0.15) is 18.3 Å². The minimum absolute atomic E-state index is 0.382. The maximum absolute atomic E-state index is 11.1. The molecule has 1 aliphatic rings. The third-order valence-corrected chi connectivity index (χ3v) is 3.19. The van der Waals surface area contributed by atoms with E-state index in [1.807, 2.05) is 0 Å². The topological polar surface area (TPSA) is 160 Å². The van der Waals surface area contributed by atoms with Crippen LogP contribution in [0.3, 0.4) is 0 Å². The van der Waals surface area contributed by atoms with Gasteiger partial charge in [-0.15, -0.1) is 0 Å². The van der Waals surface area contributed by atoms with E-state index in [-0.39, 0.29) is 6.42 Å². The molecule has 6 atom stereocenters. The number of hydrogen-bond donors (Lipinski definition) is 7. The van der Waals surface area contributed by atoms with Gasteiger partial charge in [-0.3, -0.25) is 4.79 Å². The molecule has 20 heavy (non-hydrogen) atoms. The van der Waals surface area contributed by atoms with Crippen LogP contribution in [0.15, 0.2) is 0 Å². The Morgan fingerprint density at radius 2 is 2.05 bits per heavy atom. The first-order valence-electron chi connectivity index (χ1n) is 6.17. The molecule has 0 spiro atoms. The van der Waals surface area contributed by atoms with Gasteiger partial charge < -0.3 is 40.7 Å². The van der Waals surface area contributed by atoms with Crippen LogP contribution < -0.4 is 5.32 Å². The van der Waals surface area contributed by atoms with Crippen molar-refractivity contribution in [1.82, 2.24) is 5.32 Å². The van der Waals surface area contributed by atoms with Gasteiger partial charge in [0.05, 0.1) is 25.4 Å². The molecule has 1 heterocycles. The first kappa shape index (κ1) is 17.2. The molecule has 1 fully saturated rings. The molecule has 0 saturated carbocycles. The predicted octanol–water partition coefficient (Wildman–Crippen LogP) is -3.96. The lowest BCUT2D eigenvalue weighted by Crippen LogP contribution is -2.66. The van der Waals surface area contributed by atoms with E-state index in [0.717, 1.165) is 0 Å². The molecule has 0 bridgehead atoms. The van der Waals surface area contributed by atoms with Crippen molar-refractivity contribution in [2.24, 2.45) is 0 Å². The highest BCUT2D eigenvalue weighted by Crippen LogP contribution is 2.29. The third-order valence-electron chi connectivity index (χ3n) is 3.19. The van der Waals surface area contributed by atoms with E-state index in [9.17, 15) is 25.2 Å². The molecule has 9 nitrogen and oxygen atoms in total. The van der Waals surface area contributed by atoms with Crippen molar-refractivity contribution in [2.45, 2.75) is 49.6 Å². The van der Waals surface area contributed by atoms with Crippen molar-refractivity contribution in [3.8, 4) is 0 Å². The Morgan fingerprint density at radius 1 is 1.45 bits per heavy atom. The van der Waals surface area contributed by atoms with E-state index in [4.69, 9.17) is 14.9 Å². The number of nitrogens with one attached hydrogen (secondary N) is 1. The number of carbonyl (C=O) groups is 1. The lowest BCUT2D eigenvalue weighted by molar-refractivity contribution is -0.312. The largest absolute Gasteiger partial charge is 0.394 e. The smallest absolute Gasteiger partial charge is 0.217 e. The number of aliphatic hydroxyl groups excluding tert-OH is 5. The molecule has 1 amide bonds. The Hall–Kier alpha value is -0.810. The first-order valence-corrected chi connectivity index (χ1v) is 6.17. The minimum Gasteiger partial charge on any atom is -0.394 e. The highest BCUT2D eigenvalue weighted by molar-refractivity contribution is 5.73. The maximum Gasteiger partial charge on any atom is 0.217 e. The summed E-state index contributed by atoms with van der Waals surface area (Å²) in [5.74, 6) is -2.61. The van der Waals surface area contributed by atoms with Crippen molar-refractivity contribution in [3.05, 3.63) is 0 Å². The molecule has 1 aliphatic heterocycles. The molecule has 1 saturated heterocycles. The summed E-state index contributed by atoms with van der Waals surface area (Å²) in [6.07, 6.45) is -6.36. The summed E-state index contributed by atoms with van der Waals surface area (Å²) in [7, 11) is 0. The number of hydrogen-bond acceptors (Lipinski definition) is 8. The van der Waals surface area contributed by atoms with Gasteiger partial charge in [-0.2, -0.15) is 0 Å². The molecule has 0 aromatic heterocycles. The zero-order chi connectivity index (χ0) is 15.5. The number of aliphatic hydroxyl groups is 6. The van der Waals surface area contributed by atoms with Gasteiger partial charge in [0.15, 0.2) is 5.79 Å². The van der Waals surface area contributed by atoms with E-state index < -0.39 is 55.4 Å². The molecule has 1 unspecified atom stereocenters. The lowest BCUT2D eigenvalue weighted by atomic mass is 9.89. The zero-order valence-corrected chi connectivity index (χ0v) is 11.0. The maximum atomic E-state index is 11.1. The second-order valence-corrected chi connectivity index (χ2v) is 4.93. The number of carbonyl (C=O) groups excluding carboxylic acids is 1. The summed E-state index contributed by atoms with van der Waals surface area (Å²) in [4.78, 5) is 11.1. The Bertz CT molecular complexity index is 340. The molecule has 0 aromatic carbocycles. The van der Waals surface area contributed by atoms with Gasteiger partial charge in [0.2, 0.25) is 5.91 Å². The van der Waals surface area contributed by atoms with Gasteiger partial charge in [-0.25, -0.2) is 0 Å². The van der Waals surface area contributed by atoms with Crippen molar-refractivity contribution in [2.75, 3.05) is 13.2 Å². The van der Waals surface area contributed by atoms with Gasteiger partial charge in [0, 0.05) is 13.3 Å². The van der Waals surface area contributed by atoms with E-state index in [0.29, 0.717) is 0 Å². The molecule has 9 heteroatoms. The SMILES string of the molecule is CC(=O)N[C@@H]1[C@@H](O)C[C@](O)(CO)O[C@H]1C(O)[C@H](O)CO. The molecular weight excluding hydrogens is 274 g/mol. The normalized spacial score (nSPS) is 37.2. The highest BCUT2D eigenvalue weighted by Gasteiger charge is 2.49. The Kier molecular flexibility index (Phi) is 5.83. The summed E-state index contributed by atoms with van der Waals surface area (Å²) in [5.41, 5.74) is 0. The fourth-order valence-corrected chi connectivity index (χ4v) is 2.17. The molecule has 0 radical (unpaired) electrons. The van der Waals surface area contributed by atoms with Crippen molar-refractivity contribution >= 4 is 5.91 Å². The minimum atomic E-state index is -2.10. The van der Waals surface area contributed by atoms with E-state index in [1.165, 1.54) is 6.92 Å². The van der Waals surface area contributed by atoms with Crippen LogP contribution in [-0.2, 0) is 9.53 Å². The van der Waals surface area contributed by atoms with Crippen LogP contribution in [0.25, 0.3) is 0 Å². The Balaban J connectivity index is 2.98. The van der Waals surface area contributed by atoms with Gasteiger partial charge in [-0.05, 0) is 0 Å². The van der Waals surface area contributed by atoms with E-state index in [1.54, 1.807) is 0 Å². The lowest BCUT2D eigenvalue weighted by Gasteiger charge is -2.45. The van der Waals surface area contributed by atoms with Crippen LogP contribution in [-0.4, -0.2) is 86.0 Å². The van der Waals surface area contributed by atoms with Gasteiger partial charge in [-0.1, -0.05) is 0 Å². The van der Waals surface area contributed by atoms with Crippen molar-refractivity contribution in [3.63, 3.8) is 0 Å². The summed E-state index contributed by atoms with van der Waals surface area (Å²) in [6.45, 7) is -0.428. The number of rotatable bonds is 5. The van der Waals surface area contributed by atoms with Crippen LogP contribution in [0.2, 0.25) is 0 Å². The summed E-state index contributed by atoms with van der Waals surface area (Å²) in [6, 6.07) is -1.10. The number of amides is 1. The average molecular weight is 295 g/mol. The highest BCUT2D eigenvalue weighted by atomic mass is 16.7. The van der Waals surface area contributed by atoms with Crippen LogP contribution >= 0.6 is 0 Å². The Labute approximate surface area is 115 Å². The Morgan fingerprint density at radius 3 is 2.50 bits per heavy atom. The van der Waals surface area contributed by atoms with Crippen LogP contribution in [0.4, 0.5) is 0 Å². The zero-order valence-electron chi connectivity index (χ0n) is 11.0. The molecule has 118 valence electrons. The van der Waals surface area contributed by atoms with Crippen LogP contribution in [0, 0.1) is 0 Å². The molecule has 7 N–H and O–H groups in total. The van der Waals surface area contributed by atoms with Gasteiger partial charge in [0.25, 0.3) is 0 Å². The molecule has 1 rings (SSSR count). The van der Waals surface area contributed by atoms with E-state index >= 15 is 0 Å². The number of ether oxygens (including phenoxy) is 1. The van der Waals surface area contributed by atoms with Crippen molar-refractivity contribution in [1.29, 1.82) is 0 Å². The fraction of sp³-hybridized carbons (Fsp3) is 0.909. The average Bonchev–Trinajstić information content (AvgIpc) is 2.39. The quantitative estimate of drug-likeness (QED) is 0.270. The summed E-state index contributed by atoms with van der Waals surface area (Å²) < 4.78 is 5.10. The summed E-state index contributed by atoms with van der Waals surface area (Å²) >= 11 is 0. The third kappa shape index (κ3) is 3.85. The molecule has 0 aromatic rings. The fourth-order valence-electron chi connectivity index (χ4n) is 2.17. The molecule has 0 aliphatic carbocycles. The summed E-state index contributed by atoms with van der Waals surface area (Å²) in [5, 5.41) is 59.4. The van der Waals surface area contributed by atoms with Crippen LogP contribution in [0.5, 0.6) is 0 Å². The standard InChI is InChI=1S/C11H21NO8/c1-5(15)12-8-6(16)2-11(19,4-14)20-10(8)9(18)7(17)3-13/h6-10,13-14,16-19H,2-4H2,1H3,(H,12,15)/t6-,7+,8+,9?,10+,11+/m0/s1. The predicted molar refractivity (Wildman–Crippen MR) is 64.2 cm³/mol. The second kappa shape index (κ2) is 6.76. The molecular formula is C11H21NO8. The van der Waals surface area contributed by atoms with Crippen molar-refractivity contribution < 1.29 is 40.2 Å². The van der Waals surface area contributed by atoms with Gasteiger partial charge >= 0.3 is 0 Å². The van der Waals surface area contributed by atoms with E-state index in [2.05, 4.69) is 5.32 Å². The monoisotopic (exact) mass is 295 g/mol. The first-order chi connectivity index (χ1) is 9.24. The van der Waals surface area contributed by atoms with Crippen LogP contribution in [0.1, 0.15) is 13.3 Å². The second-order valence-electron chi connectivity index (χ2n) is 4.93.